The van der Waals surface area contributed by atoms with E-state index in [1.807, 2.05) is 13.8 Å². The second-order valence-electron chi connectivity index (χ2n) is 5.27. The lowest BCUT2D eigenvalue weighted by atomic mass is 10.1. The van der Waals surface area contributed by atoms with E-state index in [0.717, 1.165) is 0 Å². The van der Waals surface area contributed by atoms with Crippen molar-refractivity contribution >= 4 is 23.2 Å². The first-order valence-electron chi connectivity index (χ1n) is 6.87. The number of ether oxygens (including phenoxy) is 1. The van der Waals surface area contributed by atoms with Crippen molar-refractivity contribution < 1.29 is 14.3 Å². The third-order valence-electron chi connectivity index (χ3n) is 2.71. The highest BCUT2D eigenvalue weighted by Crippen LogP contribution is 2.14. The Hall–Kier alpha value is -1.92. The van der Waals surface area contributed by atoms with E-state index in [1.165, 1.54) is 7.11 Å². The molecule has 0 bridgehead atoms. The smallest absolute Gasteiger partial charge is 0.243 e. The van der Waals surface area contributed by atoms with Gasteiger partial charge in [0.25, 0.3) is 0 Å². The van der Waals surface area contributed by atoms with Crippen LogP contribution in [-0.2, 0) is 14.3 Å². The average Bonchev–Trinajstić information content (AvgIpc) is 2.40. The number of hydrogen-bond acceptors (Lipinski definition) is 4. The second-order valence-corrected chi connectivity index (χ2v) is 5.27. The molecule has 6 heteroatoms. The molecule has 0 radical (unpaired) electrons. The lowest BCUT2D eigenvalue weighted by Gasteiger charge is -2.12. The van der Waals surface area contributed by atoms with Crippen molar-refractivity contribution in [2.24, 2.45) is 11.7 Å². The number of methoxy groups -OCH3 is 1. The maximum atomic E-state index is 11.7. The van der Waals surface area contributed by atoms with Crippen molar-refractivity contribution in [2.45, 2.75) is 26.3 Å². The van der Waals surface area contributed by atoms with Gasteiger partial charge >= 0.3 is 0 Å². The maximum absolute atomic E-state index is 11.7. The minimum absolute atomic E-state index is 0.0242. The highest BCUT2D eigenvalue weighted by Gasteiger charge is 2.13. The molecule has 0 saturated carbocycles. The quantitative estimate of drug-likeness (QED) is 0.711. The Morgan fingerprint density at radius 3 is 2.14 bits per heavy atom. The van der Waals surface area contributed by atoms with Crippen LogP contribution in [0.15, 0.2) is 24.3 Å². The summed E-state index contributed by atoms with van der Waals surface area (Å²) in [5.41, 5.74) is 6.94. The summed E-state index contributed by atoms with van der Waals surface area (Å²) in [5, 5.41) is 5.48. The lowest BCUT2D eigenvalue weighted by Crippen LogP contribution is -2.39. The molecule has 0 fully saturated rings. The summed E-state index contributed by atoms with van der Waals surface area (Å²) in [5.74, 6) is -0.0248. The van der Waals surface area contributed by atoms with E-state index in [9.17, 15) is 9.59 Å². The second kappa shape index (κ2) is 8.39. The van der Waals surface area contributed by atoms with Crippen LogP contribution in [0.3, 0.4) is 0 Å². The number of rotatable bonds is 7. The fourth-order valence-corrected chi connectivity index (χ4v) is 1.71. The molecule has 0 saturated heterocycles. The van der Waals surface area contributed by atoms with Crippen LogP contribution < -0.4 is 16.4 Å². The number of amides is 2. The standard InChI is InChI=1S/C15H23N3O3/c1-10(2)8-14(19)17-11-4-6-12(7-5-11)18-15(20)13(16)9-21-3/h4-7,10,13H,8-9,16H2,1-3H3,(H,17,19)(H,18,20). The monoisotopic (exact) mass is 293 g/mol. The Kier molecular flexibility index (Phi) is 6.84. The van der Waals surface area contributed by atoms with Gasteiger partial charge in [0.1, 0.15) is 6.04 Å². The molecule has 4 N–H and O–H groups in total. The van der Waals surface area contributed by atoms with Gasteiger partial charge < -0.3 is 21.1 Å². The molecule has 0 aromatic heterocycles. The first-order valence-corrected chi connectivity index (χ1v) is 6.87. The van der Waals surface area contributed by atoms with Crippen LogP contribution in [0, 0.1) is 5.92 Å². The van der Waals surface area contributed by atoms with Gasteiger partial charge in [-0.05, 0) is 30.2 Å². The zero-order valence-corrected chi connectivity index (χ0v) is 12.7. The molecule has 6 nitrogen and oxygen atoms in total. The summed E-state index contributed by atoms with van der Waals surface area (Å²) < 4.78 is 4.82. The molecule has 21 heavy (non-hydrogen) atoms. The number of benzene rings is 1. The third kappa shape index (κ3) is 6.37. The summed E-state index contributed by atoms with van der Waals surface area (Å²) >= 11 is 0. The minimum Gasteiger partial charge on any atom is -0.383 e. The predicted octanol–water partition coefficient (Wildman–Crippen LogP) is 1.58. The zero-order valence-electron chi connectivity index (χ0n) is 12.7. The number of carbonyl (C=O) groups is 2. The van der Waals surface area contributed by atoms with E-state index in [2.05, 4.69) is 10.6 Å². The van der Waals surface area contributed by atoms with E-state index < -0.39 is 6.04 Å². The normalized spacial score (nSPS) is 12.0. The van der Waals surface area contributed by atoms with E-state index in [0.29, 0.717) is 23.7 Å². The van der Waals surface area contributed by atoms with Gasteiger partial charge in [-0.15, -0.1) is 0 Å². The van der Waals surface area contributed by atoms with Crippen LogP contribution in [0.5, 0.6) is 0 Å². The van der Waals surface area contributed by atoms with Gasteiger partial charge in [-0.3, -0.25) is 9.59 Å². The Labute approximate surface area is 125 Å². The van der Waals surface area contributed by atoms with Crippen LogP contribution in [-0.4, -0.2) is 31.6 Å². The van der Waals surface area contributed by atoms with E-state index >= 15 is 0 Å². The number of nitrogens with one attached hydrogen (secondary N) is 2. The molecule has 116 valence electrons. The van der Waals surface area contributed by atoms with Crippen LogP contribution in [0.4, 0.5) is 11.4 Å². The fraction of sp³-hybridized carbons (Fsp3) is 0.467. The van der Waals surface area contributed by atoms with Gasteiger partial charge in [0.05, 0.1) is 6.61 Å². The van der Waals surface area contributed by atoms with Crippen LogP contribution in [0.25, 0.3) is 0 Å². The molecule has 1 aromatic rings. The summed E-state index contributed by atoms with van der Waals surface area (Å²) in [6.07, 6.45) is 0.477. The molecular weight excluding hydrogens is 270 g/mol. The van der Waals surface area contributed by atoms with Gasteiger partial charge in [0.2, 0.25) is 11.8 Å². The molecule has 0 spiro atoms. The minimum atomic E-state index is -0.708. The summed E-state index contributed by atoms with van der Waals surface area (Å²) in [4.78, 5) is 23.3. The highest BCUT2D eigenvalue weighted by molar-refractivity contribution is 5.95. The van der Waals surface area contributed by atoms with Crippen molar-refractivity contribution in [2.75, 3.05) is 24.4 Å². The molecule has 1 aromatic carbocycles. The van der Waals surface area contributed by atoms with Gasteiger partial charge in [0.15, 0.2) is 0 Å². The Bertz CT molecular complexity index is 472. The fourth-order valence-electron chi connectivity index (χ4n) is 1.71. The zero-order chi connectivity index (χ0) is 15.8. The Morgan fingerprint density at radius 1 is 1.14 bits per heavy atom. The molecule has 0 heterocycles. The largest absolute Gasteiger partial charge is 0.383 e. The first kappa shape index (κ1) is 17.1. The maximum Gasteiger partial charge on any atom is 0.243 e. The predicted molar refractivity (Wildman–Crippen MR) is 83.0 cm³/mol. The van der Waals surface area contributed by atoms with Crippen molar-refractivity contribution in [3.05, 3.63) is 24.3 Å². The number of carbonyl (C=O) groups excluding carboxylic acids is 2. The van der Waals surface area contributed by atoms with Gasteiger partial charge in [-0.1, -0.05) is 13.8 Å². The van der Waals surface area contributed by atoms with Crippen molar-refractivity contribution in [1.29, 1.82) is 0 Å². The topological polar surface area (TPSA) is 93.4 Å². The summed E-state index contributed by atoms with van der Waals surface area (Å²) in [6.45, 7) is 4.14. The molecule has 1 atom stereocenters. The number of anilines is 2. The van der Waals surface area contributed by atoms with E-state index in [4.69, 9.17) is 10.5 Å². The summed E-state index contributed by atoms with van der Waals surface area (Å²) in [6, 6.07) is 6.18. The molecule has 1 unspecified atom stereocenters. The Balaban J connectivity index is 2.54. The summed E-state index contributed by atoms with van der Waals surface area (Å²) in [7, 11) is 1.49. The SMILES string of the molecule is COCC(N)C(=O)Nc1ccc(NC(=O)CC(C)C)cc1. The first-order chi connectivity index (χ1) is 9.92. The van der Waals surface area contributed by atoms with Crippen LogP contribution in [0.2, 0.25) is 0 Å². The van der Waals surface area contributed by atoms with Crippen molar-refractivity contribution in [3.8, 4) is 0 Å². The van der Waals surface area contributed by atoms with E-state index in [1.54, 1.807) is 24.3 Å². The van der Waals surface area contributed by atoms with Crippen LogP contribution >= 0.6 is 0 Å². The van der Waals surface area contributed by atoms with Crippen molar-refractivity contribution in [3.63, 3.8) is 0 Å². The molecule has 0 aliphatic rings. The molecule has 1 rings (SSSR count). The number of nitrogens with two attached hydrogens (primary N) is 1. The average molecular weight is 293 g/mol. The molecule has 0 aliphatic carbocycles. The van der Waals surface area contributed by atoms with Gasteiger partial charge in [-0.25, -0.2) is 0 Å². The Morgan fingerprint density at radius 2 is 1.67 bits per heavy atom. The van der Waals surface area contributed by atoms with Gasteiger partial charge in [-0.2, -0.15) is 0 Å². The van der Waals surface area contributed by atoms with Crippen molar-refractivity contribution in [1.82, 2.24) is 0 Å². The highest BCUT2D eigenvalue weighted by atomic mass is 16.5. The van der Waals surface area contributed by atoms with Gasteiger partial charge in [0, 0.05) is 24.9 Å². The molecule has 0 aliphatic heterocycles. The van der Waals surface area contributed by atoms with Crippen LogP contribution in [0.1, 0.15) is 20.3 Å². The lowest BCUT2D eigenvalue weighted by molar-refractivity contribution is -0.118. The molecular formula is C15H23N3O3. The third-order valence-corrected chi connectivity index (χ3v) is 2.71. The number of hydrogen-bond donors (Lipinski definition) is 3. The van der Waals surface area contributed by atoms with E-state index in [-0.39, 0.29) is 18.4 Å². The molecule has 2 amide bonds.